The average Bonchev–Trinajstić information content (AvgIpc) is 3.35. The van der Waals surface area contributed by atoms with Crippen LogP contribution in [-0.4, -0.2) is 45.9 Å². The first-order valence-corrected chi connectivity index (χ1v) is 11.9. The molecule has 7 nitrogen and oxygen atoms in total. The van der Waals surface area contributed by atoms with E-state index >= 15 is 0 Å². The van der Waals surface area contributed by atoms with Crippen LogP contribution in [0, 0.1) is 6.92 Å². The van der Waals surface area contributed by atoms with E-state index in [2.05, 4.69) is 81.7 Å². The molecule has 6 rings (SSSR count). The normalized spacial score (nSPS) is 13.9. The minimum absolute atomic E-state index is 0.720. The van der Waals surface area contributed by atoms with Gasteiger partial charge in [-0.1, -0.05) is 54.1 Å². The first-order chi connectivity index (χ1) is 17.2. The predicted molar refractivity (Wildman–Crippen MR) is 142 cm³/mol. The largest absolute Gasteiger partial charge is 0.368 e. The number of piperazine rings is 1. The Morgan fingerprint density at radius 3 is 2.00 bits per heavy atom. The highest BCUT2D eigenvalue weighted by Gasteiger charge is 2.22. The summed E-state index contributed by atoms with van der Waals surface area (Å²) in [6.07, 6.45) is 1.84. The van der Waals surface area contributed by atoms with Crippen molar-refractivity contribution in [3.8, 4) is 5.69 Å². The lowest BCUT2D eigenvalue weighted by Crippen LogP contribution is -2.47. The molecule has 0 aliphatic carbocycles. The quantitative estimate of drug-likeness (QED) is 0.388. The van der Waals surface area contributed by atoms with Crippen molar-refractivity contribution in [1.82, 2.24) is 19.7 Å². The highest BCUT2D eigenvalue weighted by atomic mass is 15.4. The second-order valence-electron chi connectivity index (χ2n) is 8.80. The van der Waals surface area contributed by atoms with Crippen LogP contribution >= 0.6 is 0 Å². The number of hydrogen-bond donors (Lipinski definition) is 1. The summed E-state index contributed by atoms with van der Waals surface area (Å²) in [5, 5.41) is 9.07. The Morgan fingerprint density at radius 2 is 1.31 bits per heavy atom. The van der Waals surface area contributed by atoms with E-state index in [9.17, 15) is 0 Å². The van der Waals surface area contributed by atoms with Crippen LogP contribution in [0.1, 0.15) is 5.56 Å². The van der Waals surface area contributed by atoms with E-state index in [1.807, 2.05) is 41.2 Å². The van der Waals surface area contributed by atoms with E-state index in [-0.39, 0.29) is 0 Å². The van der Waals surface area contributed by atoms with Gasteiger partial charge in [0, 0.05) is 37.6 Å². The van der Waals surface area contributed by atoms with Gasteiger partial charge in [0.15, 0.2) is 5.65 Å². The van der Waals surface area contributed by atoms with Crippen LogP contribution in [0.15, 0.2) is 91.1 Å². The van der Waals surface area contributed by atoms with E-state index in [1.54, 1.807) is 0 Å². The zero-order valence-electron chi connectivity index (χ0n) is 19.7. The van der Waals surface area contributed by atoms with Crippen molar-refractivity contribution in [1.29, 1.82) is 0 Å². The second kappa shape index (κ2) is 9.10. The summed E-state index contributed by atoms with van der Waals surface area (Å²) >= 11 is 0. The first-order valence-electron chi connectivity index (χ1n) is 11.9. The van der Waals surface area contributed by atoms with E-state index in [1.165, 1.54) is 11.3 Å². The third kappa shape index (κ3) is 4.28. The van der Waals surface area contributed by atoms with Crippen LogP contribution in [-0.2, 0) is 0 Å². The number of hydrogen-bond acceptors (Lipinski definition) is 6. The molecule has 0 bridgehead atoms. The van der Waals surface area contributed by atoms with Crippen LogP contribution in [0.3, 0.4) is 0 Å². The smallest absolute Gasteiger partial charge is 0.229 e. The second-order valence-corrected chi connectivity index (χ2v) is 8.80. The highest BCUT2D eigenvalue weighted by molar-refractivity contribution is 5.90. The molecule has 5 aromatic rings. The third-order valence-electron chi connectivity index (χ3n) is 6.42. The summed E-state index contributed by atoms with van der Waals surface area (Å²) < 4.78 is 1.89. The fourth-order valence-electron chi connectivity index (χ4n) is 4.47. The molecule has 0 saturated carbocycles. The highest BCUT2D eigenvalue weighted by Crippen LogP contribution is 2.29. The van der Waals surface area contributed by atoms with Gasteiger partial charge in [-0.15, -0.1) is 0 Å². The van der Waals surface area contributed by atoms with Gasteiger partial charge in [-0.2, -0.15) is 15.1 Å². The molecule has 1 saturated heterocycles. The molecule has 0 unspecified atom stereocenters. The number of fused-ring (bicyclic) bond motifs is 1. The van der Waals surface area contributed by atoms with Crippen molar-refractivity contribution in [2.24, 2.45) is 0 Å². The van der Waals surface area contributed by atoms with Gasteiger partial charge in [-0.25, -0.2) is 4.68 Å². The van der Waals surface area contributed by atoms with E-state index < -0.39 is 0 Å². The summed E-state index contributed by atoms with van der Waals surface area (Å²) in [6.45, 7) is 5.63. The lowest BCUT2D eigenvalue weighted by Gasteiger charge is -2.36. The standard InChI is InChI=1S/C28H27N7/c1-21-12-14-22(15-13-21)30-26-25-20-29-35(24-10-6-3-7-11-24)27(25)32-28(31-26)34-18-16-33(17-19-34)23-8-4-2-5-9-23/h2-15,20H,16-19H2,1H3,(H,30,31,32). The summed E-state index contributed by atoms with van der Waals surface area (Å²) in [4.78, 5) is 14.7. The van der Waals surface area contributed by atoms with Crippen LogP contribution in [0.4, 0.5) is 23.1 Å². The molecule has 1 N–H and O–H groups in total. The van der Waals surface area contributed by atoms with Gasteiger partial charge in [0.2, 0.25) is 5.95 Å². The Hall–Kier alpha value is -4.39. The number of benzene rings is 3. The molecule has 2 aromatic heterocycles. The fraction of sp³-hybridized carbons (Fsp3) is 0.179. The SMILES string of the molecule is Cc1ccc(Nc2nc(N3CCN(c4ccccc4)CC3)nc3c2cnn3-c2ccccc2)cc1. The van der Waals surface area contributed by atoms with E-state index in [0.717, 1.165) is 60.4 Å². The topological polar surface area (TPSA) is 62.1 Å². The molecule has 0 radical (unpaired) electrons. The Bertz CT molecular complexity index is 1420. The summed E-state index contributed by atoms with van der Waals surface area (Å²) in [5.41, 5.74) is 5.23. The summed E-state index contributed by atoms with van der Waals surface area (Å²) in [7, 11) is 0. The maximum absolute atomic E-state index is 5.01. The molecule has 1 aliphatic heterocycles. The Kier molecular flexibility index (Phi) is 5.50. The molecule has 3 heterocycles. The lowest BCUT2D eigenvalue weighted by atomic mass is 10.2. The molecule has 1 aliphatic rings. The number of rotatable bonds is 5. The predicted octanol–water partition coefficient (Wildman–Crippen LogP) is 5.19. The van der Waals surface area contributed by atoms with Crippen molar-refractivity contribution < 1.29 is 0 Å². The summed E-state index contributed by atoms with van der Waals surface area (Å²) in [5.74, 6) is 1.49. The number of aromatic nitrogens is 4. The van der Waals surface area contributed by atoms with E-state index in [4.69, 9.17) is 9.97 Å². The van der Waals surface area contributed by atoms with Crippen LogP contribution in [0.25, 0.3) is 16.7 Å². The zero-order valence-corrected chi connectivity index (χ0v) is 19.7. The van der Waals surface area contributed by atoms with Crippen LogP contribution in [0.5, 0.6) is 0 Å². The maximum Gasteiger partial charge on any atom is 0.229 e. The number of nitrogens with zero attached hydrogens (tertiary/aromatic N) is 6. The zero-order chi connectivity index (χ0) is 23.6. The molecule has 174 valence electrons. The maximum atomic E-state index is 5.01. The molecule has 3 aromatic carbocycles. The number of nitrogens with one attached hydrogen (secondary N) is 1. The molecule has 35 heavy (non-hydrogen) atoms. The summed E-state index contributed by atoms with van der Waals surface area (Å²) in [6, 6.07) is 29.0. The molecule has 0 spiro atoms. The van der Waals surface area contributed by atoms with Crippen LogP contribution in [0.2, 0.25) is 0 Å². The number of aryl methyl sites for hydroxylation is 1. The fourth-order valence-corrected chi connectivity index (χ4v) is 4.47. The minimum Gasteiger partial charge on any atom is -0.368 e. The van der Waals surface area contributed by atoms with Crippen LogP contribution < -0.4 is 15.1 Å². The van der Waals surface area contributed by atoms with Crippen molar-refractivity contribution in [2.45, 2.75) is 6.92 Å². The van der Waals surface area contributed by atoms with Crippen molar-refractivity contribution in [3.63, 3.8) is 0 Å². The van der Waals surface area contributed by atoms with Crippen molar-refractivity contribution in [2.75, 3.05) is 41.3 Å². The van der Waals surface area contributed by atoms with Gasteiger partial charge >= 0.3 is 0 Å². The average molecular weight is 462 g/mol. The number of anilines is 4. The van der Waals surface area contributed by atoms with Crippen molar-refractivity contribution >= 4 is 34.2 Å². The Morgan fingerprint density at radius 1 is 0.686 bits per heavy atom. The molecular weight excluding hydrogens is 434 g/mol. The van der Waals surface area contributed by atoms with Gasteiger partial charge in [0.05, 0.1) is 17.3 Å². The monoisotopic (exact) mass is 461 g/mol. The first kappa shape index (κ1) is 21.2. The molecular formula is C28H27N7. The Balaban J connectivity index is 1.36. The van der Waals surface area contributed by atoms with Crippen molar-refractivity contribution in [3.05, 3.63) is 96.7 Å². The molecule has 1 fully saturated rings. The Labute approximate surface area is 204 Å². The molecule has 0 atom stereocenters. The lowest BCUT2D eigenvalue weighted by molar-refractivity contribution is 0.641. The number of para-hydroxylation sites is 2. The van der Waals surface area contributed by atoms with Gasteiger partial charge < -0.3 is 15.1 Å². The van der Waals surface area contributed by atoms with Gasteiger partial charge in [-0.05, 0) is 43.3 Å². The third-order valence-corrected chi connectivity index (χ3v) is 6.42. The van der Waals surface area contributed by atoms with E-state index in [0.29, 0.717) is 0 Å². The minimum atomic E-state index is 0.720. The van der Waals surface area contributed by atoms with Gasteiger partial charge in [0.1, 0.15) is 5.82 Å². The van der Waals surface area contributed by atoms with Gasteiger partial charge in [0.25, 0.3) is 0 Å². The van der Waals surface area contributed by atoms with Gasteiger partial charge in [-0.3, -0.25) is 0 Å². The molecule has 7 heteroatoms. The molecule has 0 amide bonds.